The van der Waals surface area contributed by atoms with Crippen LogP contribution >= 0.6 is 11.3 Å². The Morgan fingerprint density at radius 1 is 1.18 bits per heavy atom. The van der Waals surface area contributed by atoms with Crippen molar-refractivity contribution in [2.45, 2.75) is 32.4 Å². The fourth-order valence-electron chi connectivity index (χ4n) is 3.17. The summed E-state index contributed by atoms with van der Waals surface area (Å²) >= 11 is 1.84. The van der Waals surface area contributed by atoms with Gasteiger partial charge in [-0.25, -0.2) is 9.59 Å². The number of thiophene rings is 1. The third kappa shape index (κ3) is 5.61. The topological polar surface area (TPSA) is 120 Å². The second-order valence-electron chi connectivity index (χ2n) is 6.38. The highest BCUT2D eigenvalue weighted by Crippen LogP contribution is 2.35. The van der Waals surface area contributed by atoms with E-state index in [2.05, 4.69) is 40.5 Å². The fraction of sp³-hybridized carbons (Fsp3) is 0.368. The van der Waals surface area contributed by atoms with Crippen LogP contribution in [0.3, 0.4) is 0 Å². The molecule has 0 aliphatic carbocycles. The third-order valence-electron chi connectivity index (χ3n) is 4.52. The van der Waals surface area contributed by atoms with Gasteiger partial charge < -0.3 is 15.5 Å². The summed E-state index contributed by atoms with van der Waals surface area (Å²) in [7, 11) is 0. The Balaban J connectivity index is 0.000000409. The Morgan fingerprint density at radius 2 is 1.82 bits per heavy atom. The van der Waals surface area contributed by atoms with E-state index in [0.29, 0.717) is 24.2 Å². The molecule has 2 unspecified atom stereocenters. The van der Waals surface area contributed by atoms with Gasteiger partial charge in [0.25, 0.3) is 5.91 Å². The van der Waals surface area contributed by atoms with E-state index in [1.165, 1.54) is 10.4 Å². The van der Waals surface area contributed by atoms with Crippen LogP contribution in [-0.4, -0.2) is 57.1 Å². The summed E-state index contributed by atoms with van der Waals surface area (Å²) < 4.78 is 0. The van der Waals surface area contributed by atoms with Gasteiger partial charge in [-0.15, -0.1) is 11.3 Å². The van der Waals surface area contributed by atoms with Crippen molar-refractivity contribution in [1.82, 2.24) is 15.2 Å². The van der Waals surface area contributed by atoms with Crippen LogP contribution in [0.4, 0.5) is 0 Å². The second-order valence-corrected chi connectivity index (χ2v) is 7.33. The smallest absolute Gasteiger partial charge is 0.414 e. The number of carbonyl (C=O) groups is 3. The Labute approximate surface area is 166 Å². The summed E-state index contributed by atoms with van der Waals surface area (Å²) in [5.74, 6) is -3.68. The van der Waals surface area contributed by atoms with Gasteiger partial charge in [-0.2, -0.15) is 0 Å². The number of amides is 1. The lowest BCUT2D eigenvalue weighted by Gasteiger charge is -2.38. The van der Waals surface area contributed by atoms with Crippen molar-refractivity contribution in [1.29, 1.82) is 0 Å². The van der Waals surface area contributed by atoms with Crippen LogP contribution in [0.1, 0.15) is 40.7 Å². The number of carboxylic acid groups (broad SMARTS) is 2. The first kappa shape index (κ1) is 21.5. The Kier molecular flexibility index (Phi) is 7.65. The summed E-state index contributed by atoms with van der Waals surface area (Å²) in [4.78, 5) is 38.1. The highest BCUT2D eigenvalue weighted by atomic mass is 32.1. The van der Waals surface area contributed by atoms with Crippen LogP contribution in [0.15, 0.2) is 36.0 Å². The molecule has 1 aliphatic heterocycles. The van der Waals surface area contributed by atoms with Crippen LogP contribution in [0.2, 0.25) is 0 Å². The second kappa shape index (κ2) is 9.95. The van der Waals surface area contributed by atoms with E-state index >= 15 is 0 Å². The average molecular weight is 405 g/mol. The van der Waals surface area contributed by atoms with Crippen LogP contribution in [0.25, 0.3) is 0 Å². The van der Waals surface area contributed by atoms with Gasteiger partial charge in [0.05, 0.1) is 0 Å². The van der Waals surface area contributed by atoms with Crippen LogP contribution < -0.4 is 5.32 Å². The molecule has 3 N–H and O–H groups in total. The molecule has 1 aliphatic rings. The van der Waals surface area contributed by atoms with E-state index in [4.69, 9.17) is 19.8 Å². The van der Waals surface area contributed by atoms with Gasteiger partial charge in [0.1, 0.15) is 0 Å². The monoisotopic (exact) mass is 405 g/mol. The largest absolute Gasteiger partial charge is 0.473 e. The van der Waals surface area contributed by atoms with E-state index in [1.807, 2.05) is 11.3 Å². The molecule has 9 heteroatoms. The van der Waals surface area contributed by atoms with E-state index in [1.54, 1.807) is 24.5 Å². The molecule has 2 atom stereocenters. The molecule has 0 radical (unpaired) electrons. The van der Waals surface area contributed by atoms with Crippen molar-refractivity contribution in [3.05, 3.63) is 52.0 Å². The maximum Gasteiger partial charge on any atom is 0.414 e. The molecule has 3 heterocycles. The number of hydrogen-bond acceptors (Lipinski definition) is 6. The van der Waals surface area contributed by atoms with Crippen molar-refractivity contribution in [2.24, 2.45) is 0 Å². The summed E-state index contributed by atoms with van der Waals surface area (Å²) in [6, 6.07) is 6.65. The Morgan fingerprint density at radius 3 is 2.43 bits per heavy atom. The maximum absolute atomic E-state index is 12.1. The Bertz CT molecular complexity index is 812. The van der Waals surface area contributed by atoms with Crippen LogP contribution in [0, 0.1) is 0 Å². The van der Waals surface area contributed by atoms with Crippen LogP contribution in [0.5, 0.6) is 0 Å². The van der Waals surface area contributed by atoms with Gasteiger partial charge in [0, 0.05) is 48.0 Å². The molecule has 0 fully saturated rings. The molecule has 0 saturated heterocycles. The predicted octanol–water partition coefficient (Wildman–Crippen LogP) is 2.04. The molecule has 0 saturated carbocycles. The summed E-state index contributed by atoms with van der Waals surface area (Å²) in [5.41, 5.74) is 2.15. The number of aliphatic carboxylic acids is 2. The lowest BCUT2D eigenvalue weighted by molar-refractivity contribution is -0.159. The van der Waals surface area contributed by atoms with Crippen molar-refractivity contribution < 1.29 is 24.6 Å². The van der Waals surface area contributed by atoms with Gasteiger partial charge in [0.2, 0.25) is 0 Å². The molecule has 2 aromatic rings. The van der Waals surface area contributed by atoms with Crippen LogP contribution in [-0.2, 0) is 16.0 Å². The maximum atomic E-state index is 12.1. The normalized spacial score (nSPS) is 18.4. The number of rotatable bonds is 4. The van der Waals surface area contributed by atoms with Crippen molar-refractivity contribution in [2.75, 3.05) is 13.1 Å². The number of fused-ring (bicyclic) bond motifs is 1. The number of hydrogen-bond donors (Lipinski definition) is 3. The van der Waals surface area contributed by atoms with Crippen molar-refractivity contribution >= 4 is 29.2 Å². The van der Waals surface area contributed by atoms with E-state index < -0.39 is 11.9 Å². The number of pyridine rings is 1. The highest BCUT2D eigenvalue weighted by molar-refractivity contribution is 7.10. The van der Waals surface area contributed by atoms with Crippen molar-refractivity contribution in [3.8, 4) is 0 Å². The SMILES string of the molecule is CC1Cc2ccsc2C(C)N1CCNC(=O)c1ccncc1.O=C(O)C(=O)O. The van der Waals surface area contributed by atoms with Gasteiger partial charge in [0.15, 0.2) is 0 Å². The molecule has 2 aromatic heterocycles. The number of nitrogens with zero attached hydrogens (tertiary/aromatic N) is 2. The zero-order valence-electron chi connectivity index (χ0n) is 15.7. The molecule has 0 bridgehead atoms. The van der Waals surface area contributed by atoms with Gasteiger partial charge >= 0.3 is 11.9 Å². The van der Waals surface area contributed by atoms with Gasteiger partial charge in [-0.3, -0.25) is 14.7 Å². The highest BCUT2D eigenvalue weighted by Gasteiger charge is 2.29. The summed E-state index contributed by atoms with van der Waals surface area (Å²) in [6.45, 7) is 6.06. The average Bonchev–Trinajstić information content (AvgIpc) is 3.14. The molecule has 150 valence electrons. The van der Waals surface area contributed by atoms with E-state index in [9.17, 15) is 4.79 Å². The molecule has 3 rings (SSSR count). The molecular weight excluding hydrogens is 382 g/mol. The molecule has 8 nitrogen and oxygen atoms in total. The van der Waals surface area contributed by atoms with E-state index in [0.717, 1.165) is 13.0 Å². The van der Waals surface area contributed by atoms with Crippen molar-refractivity contribution in [3.63, 3.8) is 0 Å². The number of carboxylic acids is 2. The molecule has 0 aromatic carbocycles. The minimum absolute atomic E-state index is 0.0310. The molecule has 28 heavy (non-hydrogen) atoms. The lowest BCUT2D eigenvalue weighted by atomic mass is 9.97. The van der Waals surface area contributed by atoms with E-state index in [-0.39, 0.29) is 5.91 Å². The lowest BCUT2D eigenvalue weighted by Crippen LogP contribution is -2.44. The minimum Gasteiger partial charge on any atom is -0.473 e. The fourth-order valence-corrected chi connectivity index (χ4v) is 4.18. The quantitative estimate of drug-likeness (QED) is 0.666. The molecule has 1 amide bonds. The minimum atomic E-state index is -1.82. The standard InChI is InChI=1S/C17H21N3OS.C2H2O4/c1-12-11-15-5-10-22-16(15)13(2)20(12)9-8-19-17(21)14-3-6-18-7-4-14;3-1(4)2(5)6/h3-7,10,12-13H,8-9,11H2,1-2H3,(H,19,21);(H,3,4)(H,5,6). The number of aromatic nitrogens is 1. The summed E-state index contributed by atoms with van der Waals surface area (Å²) in [5, 5.41) is 20.0. The van der Waals surface area contributed by atoms with Gasteiger partial charge in [-0.1, -0.05) is 0 Å². The third-order valence-corrected chi connectivity index (χ3v) is 5.65. The zero-order chi connectivity index (χ0) is 20.7. The first-order valence-electron chi connectivity index (χ1n) is 8.77. The first-order chi connectivity index (χ1) is 13.3. The number of carbonyl (C=O) groups excluding carboxylic acids is 1. The zero-order valence-corrected chi connectivity index (χ0v) is 16.5. The molecular formula is C19H23N3O5S. The first-order valence-corrected chi connectivity index (χ1v) is 9.65. The van der Waals surface area contributed by atoms with Gasteiger partial charge in [-0.05, 0) is 49.4 Å². The number of nitrogens with one attached hydrogen (secondary N) is 1. The molecule has 0 spiro atoms. The predicted molar refractivity (Wildman–Crippen MR) is 104 cm³/mol. The Hall–Kier alpha value is -2.78. The summed E-state index contributed by atoms with van der Waals surface area (Å²) in [6.07, 6.45) is 4.38.